The molecule has 0 spiro atoms. The Morgan fingerprint density at radius 2 is 2.19 bits per heavy atom. The number of hydrogen-bond acceptors (Lipinski definition) is 6. The van der Waals surface area contributed by atoms with Gasteiger partial charge in [-0.1, -0.05) is 18.5 Å². The number of imide groups is 1. The quantitative estimate of drug-likeness (QED) is 0.618. The van der Waals surface area contributed by atoms with Crippen molar-refractivity contribution < 1.29 is 28.6 Å². The maximum atomic E-state index is 12.3. The number of amides is 3. The zero-order valence-corrected chi connectivity index (χ0v) is 15.2. The molecule has 1 fully saturated rings. The van der Waals surface area contributed by atoms with Crippen LogP contribution in [-0.2, 0) is 32.3 Å². The third kappa shape index (κ3) is 3.47. The highest BCUT2D eigenvalue weighted by molar-refractivity contribution is 6.30. The third-order valence-electron chi connectivity index (χ3n) is 4.48. The van der Waals surface area contributed by atoms with E-state index in [0.717, 1.165) is 10.5 Å². The van der Waals surface area contributed by atoms with E-state index in [-0.39, 0.29) is 13.4 Å². The minimum atomic E-state index is -0.989. The van der Waals surface area contributed by atoms with Crippen molar-refractivity contribution in [3.05, 3.63) is 28.3 Å². The fourth-order valence-corrected chi connectivity index (χ4v) is 3.09. The Morgan fingerprint density at radius 1 is 1.42 bits per heavy atom. The Hall–Kier alpha value is -2.32. The first-order valence-electron chi connectivity index (χ1n) is 8.15. The molecular weight excluding hydrogens is 364 g/mol. The Morgan fingerprint density at radius 3 is 2.88 bits per heavy atom. The van der Waals surface area contributed by atoms with Gasteiger partial charge in [0, 0.05) is 16.1 Å². The Labute approximate surface area is 155 Å². The average molecular weight is 383 g/mol. The summed E-state index contributed by atoms with van der Waals surface area (Å²) in [6, 6.07) is 2.76. The van der Waals surface area contributed by atoms with Gasteiger partial charge in [-0.05, 0) is 25.5 Å². The number of rotatable bonds is 5. The molecule has 9 heteroatoms. The SMILES string of the molecule is CC[C@]1(C)NC(=O)N(CC(=O)OCc2cc(Cl)cc3c2OCOC3)C1=O. The zero-order chi connectivity index (χ0) is 18.9. The van der Waals surface area contributed by atoms with Crippen LogP contribution in [0.5, 0.6) is 5.75 Å². The van der Waals surface area contributed by atoms with Crippen molar-refractivity contribution in [3.63, 3.8) is 0 Å². The van der Waals surface area contributed by atoms with Crippen LogP contribution in [-0.4, -0.2) is 41.7 Å². The predicted molar refractivity (Wildman–Crippen MR) is 90.5 cm³/mol. The summed E-state index contributed by atoms with van der Waals surface area (Å²) in [6.07, 6.45) is 0.428. The van der Waals surface area contributed by atoms with Crippen molar-refractivity contribution >= 4 is 29.5 Å². The number of esters is 1. The van der Waals surface area contributed by atoms with Crippen molar-refractivity contribution in [2.45, 2.75) is 39.0 Å². The van der Waals surface area contributed by atoms with E-state index in [1.807, 2.05) is 0 Å². The van der Waals surface area contributed by atoms with Crippen molar-refractivity contribution in [1.29, 1.82) is 0 Å². The number of halogens is 1. The molecule has 2 aliphatic rings. The molecule has 1 aromatic carbocycles. The van der Waals surface area contributed by atoms with Gasteiger partial charge < -0.3 is 19.5 Å². The lowest BCUT2D eigenvalue weighted by atomic mass is 9.99. The summed E-state index contributed by atoms with van der Waals surface area (Å²) in [7, 11) is 0. The highest BCUT2D eigenvalue weighted by Crippen LogP contribution is 2.32. The summed E-state index contributed by atoms with van der Waals surface area (Å²) in [5.74, 6) is -0.570. The topological polar surface area (TPSA) is 94.2 Å². The molecule has 0 bridgehead atoms. The number of urea groups is 1. The van der Waals surface area contributed by atoms with Crippen molar-refractivity contribution in [2.24, 2.45) is 0 Å². The highest BCUT2D eigenvalue weighted by Gasteiger charge is 2.47. The molecule has 0 saturated carbocycles. The molecule has 3 rings (SSSR count). The van der Waals surface area contributed by atoms with E-state index in [0.29, 0.717) is 29.4 Å². The number of carbonyl (C=O) groups is 3. The normalized spacial score (nSPS) is 21.9. The Bertz CT molecular complexity index is 768. The molecule has 140 valence electrons. The molecule has 3 amide bonds. The molecule has 1 aromatic rings. The van der Waals surface area contributed by atoms with Crippen LogP contribution < -0.4 is 10.1 Å². The van der Waals surface area contributed by atoms with E-state index in [4.69, 9.17) is 25.8 Å². The number of carbonyl (C=O) groups excluding carboxylic acids is 3. The summed E-state index contributed by atoms with van der Waals surface area (Å²) in [6.45, 7) is 3.33. The number of benzene rings is 1. The van der Waals surface area contributed by atoms with E-state index in [9.17, 15) is 14.4 Å². The molecule has 26 heavy (non-hydrogen) atoms. The maximum absolute atomic E-state index is 12.3. The van der Waals surface area contributed by atoms with Crippen molar-refractivity contribution in [2.75, 3.05) is 13.3 Å². The van der Waals surface area contributed by atoms with Crippen LogP contribution in [0.2, 0.25) is 5.02 Å². The van der Waals surface area contributed by atoms with Crippen LogP contribution in [0, 0.1) is 0 Å². The van der Waals surface area contributed by atoms with Gasteiger partial charge in [-0.25, -0.2) is 4.79 Å². The van der Waals surface area contributed by atoms with Crippen molar-refractivity contribution in [3.8, 4) is 5.75 Å². The molecule has 1 atom stereocenters. The van der Waals surface area contributed by atoms with Crippen LogP contribution in [0.3, 0.4) is 0 Å². The lowest BCUT2D eigenvalue weighted by Crippen LogP contribution is -2.43. The van der Waals surface area contributed by atoms with Crippen LogP contribution in [0.25, 0.3) is 0 Å². The molecule has 0 aliphatic carbocycles. The van der Waals surface area contributed by atoms with Gasteiger partial charge in [-0.3, -0.25) is 14.5 Å². The van der Waals surface area contributed by atoms with E-state index < -0.39 is 30.0 Å². The number of nitrogens with one attached hydrogen (secondary N) is 1. The number of fused-ring (bicyclic) bond motifs is 1. The average Bonchev–Trinajstić information content (AvgIpc) is 2.83. The first-order chi connectivity index (χ1) is 12.3. The third-order valence-corrected chi connectivity index (χ3v) is 4.70. The molecule has 8 nitrogen and oxygen atoms in total. The summed E-state index contributed by atoms with van der Waals surface area (Å²) in [5.41, 5.74) is 0.374. The second-order valence-electron chi connectivity index (χ2n) is 6.33. The predicted octanol–water partition coefficient (Wildman–Crippen LogP) is 1.97. The van der Waals surface area contributed by atoms with Crippen LogP contribution in [0.1, 0.15) is 31.4 Å². The first kappa shape index (κ1) is 18.5. The zero-order valence-electron chi connectivity index (χ0n) is 14.5. The second kappa shape index (κ2) is 7.13. The van der Waals surface area contributed by atoms with Gasteiger partial charge in [0.1, 0.15) is 24.4 Å². The van der Waals surface area contributed by atoms with Crippen molar-refractivity contribution in [1.82, 2.24) is 10.2 Å². The van der Waals surface area contributed by atoms with Gasteiger partial charge in [0.05, 0.1) is 6.61 Å². The summed E-state index contributed by atoms with van der Waals surface area (Å²) < 4.78 is 15.9. The molecule has 0 unspecified atom stereocenters. The van der Waals surface area contributed by atoms with Gasteiger partial charge in [-0.2, -0.15) is 0 Å². The van der Waals surface area contributed by atoms with Gasteiger partial charge in [0.15, 0.2) is 6.79 Å². The van der Waals surface area contributed by atoms with Crippen LogP contribution in [0.4, 0.5) is 4.79 Å². The number of hydrogen-bond donors (Lipinski definition) is 1. The van der Waals surface area contributed by atoms with Crippen LogP contribution >= 0.6 is 11.6 Å². The molecule has 0 aromatic heterocycles. The first-order valence-corrected chi connectivity index (χ1v) is 8.53. The lowest BCUT2D eigenvalue weighted by Gasteiger charge is -2.21. The summed E-state index contributed by atoms with van der Waals surface area (Å²) in [5, 5.41) is 3.05. The van der Waals surface area contributed by atoms with Gasteiger partial charge in [0.2, 0.25) is 0 Å². The molecule has 1 N–H and O–H groups in total. The van der Waals surface area contributed by atoms with Gasteiger partial charge >= 0.3 is 12.0 Å². The fourth-order valence-electron chi connectivity index (χ4n) is 2.83. The van der Waals surface area contributed by atoms with Gasteiger partial charge in [0.25, 0.3) is 5.91 Å². The maximum Gasteiger partial charge on any atom is 0.326 e. The van der Waals surface area contributed by atoms with E-state index in [1.54, 1.807) is 26.0 Å². The second-order valence-corrected chi connectivity index (χ2v) is 6.77. The Kier molecular flexibility index (Phi) is 5.06. The lowest BCUT2D eigenvalue weighted by molar-refractivity contribution is -0.148. The smallest absolute Gasteiger partial charge is 0.326 e. The molecule has 2 aliphatic heterocycles. The number of ether oxygens (including phenoxy) is 3. The van der Waals surface area contributed by atoms with E-state index in [1.165, 1.54) is 0 Å². The van der Waals surface area contributed by atoms with Crippen LogP contribution in [0.15, 0.2) is 12.1 Å². The van der Waals surface area contributed by atoms with Gasteiger partial charge in [-0.15, -0.1) is 0 Å². The minimum Gasteiger partial charge on any atom is -0.467 e. The molecular formula is C17H19ClN2O6. The van der Waals surface area contributed by atoms with E-state index >= 15 is 0 Å². The largest absolute Gasteiger partial charge is 0.467 e. The molecule has 1 saturated heterocycles. The Balaban J connectivity index is 1.64. The minimum absolute atomic E-state index is 0.0869. The summed E-state index contributed by atoms with van der Waals surface area (Å²) >= 11 is 6.06. The molecule has 2 heterocycles. The summed E-state index contributed by atoms with van der Waals surface area (Å²) in [4.78, 5) is 37.2. The highest BCUT2D eigenvalue weighted by atomic mass is 35.5. The standard InChI is InChI=1S/C17H19ClN2O6/c1-3-17(2)15(22)20(16(23)19-17)6-13(21)25-8-11-5-12(18)4-10-7-24-9-26-14(10)11/h4-5H,3,6-9H2,1-2H3,(H,19,23)/t17-/m0/s1. The monoisotopic (exact) mass is 382 g/mol. The van der Waals surface area contributed by atoms with E-state index in [2.05, 4.69) is 5.32 Å². The fraction of sp³-hybridized carbons (Fsp3) is 0.471. The molecule has 0 radical (unpaired) electrons. The number of nitrogens with zero attached hydrogens (tertiary/aromatic N) is 1.